The van der Waals surface area contributed by atoms with E-state index in [9.17, 15) is 4.79 Å². The van der Waals surface area contributed by atoms with Crippen LogP contribution < -0.4 is 0 Å². The van der Waals surface area contributed by atoms with Gasteiger partial charge in [0.05, 0.1) is 5.56 Å². The smallest absolute Gasteiger partial charge is 0.255 e. The van der Waals surface area contributed by atoms with Crippen molar-refractivity contribution < 1.29 is 4.79 Å². The minimum absolute atomic E-state index is 0.116. The molecular weight excluding hydrogens is 310 g/mol. The van der Waals surface area contributed by atoms with Crippen LogP contribution in [-0.4, -0.2) is 52.9 Å². The van der Waals surface area contributed by atoms with Crippen LogP contribution in [0, 0.1) is 6.92 Å². The van der Waals surface area contributed by atoms with Gasteiger partial charge in [-0.1, -0.05) is 24.3 Å². The first-order valence-electron chi connectivity index (χ1n) is 9.22. The minimum Gasteiger partial charge on any atom is -0.336 e. The Morgan fingerprint density at radius 1 is 1.08 bits per heavy atom. The summed E-state index contributed by atoms with van der Waals surface area (Å²) in [5, 5.41) is 0. The van der Waals surface area contributed by atoms with E-state index in [0.717, 1.165) is 38.2 Å². The number of benzene rings is 1. The highest BCUT2D eigenvalue weighted by molar-refractivity contribution is 5.94. The van der Waals surface area contributed by atoms with Gasteiger partial charge in [-0.15, -0.1) is 0 Å². The number of hydrogen-bond donors (Lipinski definition) is 0. The molecule has 130 valence electrons. The minimum atomic E-state index is 0.116. The number of nitrogens with zero attached hydrogens (tertiary/aromatic N) is 3. The molecule has 2 aliphatic rings. The van der Waals surface area contributed by atoms with Crippen molar-refractivity contribution in [1.29, 1.82) is 0 Å². The number of aromatic nitrogens is 1. The molecule has 2 heterocycles. The van der Waals surface area contributed by atoms with Crippen molar-refractivity contribution in [1.82, 2.24) is 14.8 Å². The van der Waals surface area contributed by atoms with Crippen LogP contribution in [0.1, 0.15) is 33.5 Å². The normalized spacial score (nSPS) is 21.0. The lowest BCUT2D eigenvalue weighted by Crippen LogP contribution is -2.53. The maximum absolute atomic E-state index is 12.7. The molecular formula is C21H25N3O. The third-order valence-electron chi connectivity index (χ3n) is 5.56. The molecule has 1 aromatic heterocycles. The Morgan fingerprint density at radius 3 is 2.60 bits per heavy atom. The quantitative estimate of drug-likeness (QED) is 0.847. The molecule has 1 aliphatic carbocycles. The number of fused-ring (bicyclic) bond motifs is 1. The molecule has 0 spiro atoms. The first kappa shape index (κ1) is 16.3. The Kier molecular flexibility index (Phi) is 4.53. The lowest BCUT2D eigenvalue weighted by Gasteiger charge is -2.41. The fourth-order valence-corrected chi connectivity index (χ4v) is 4.13. The zero-order valence-corrected chi connectivity index (χ0v) is 14.8. The van der Waals surface area contributed by atoms with Crippen LogP contribution in [-0.2, 0) is 12.8 Å². The zero-order chi connectivity index (χ0) is 17.2. The molecule has 2 aromatic rings. The highest BCUT2D eigenvalue weighted by Crippen LogP contribution is 2.25. The first-order valence-corrected chi connectivity index (χ1v) is 9.22. The summed E-state index contributed by atoms with van der Waals surface area (Å²) in [6, 6.07) is 11.4. The molecule has 4 rings (SSSR count). The molecule has 1 aromatic carbocycles. The maximum Gasteiger partial charge on any atom is 0.255 e. The van der Waals surface area contributed by atoms with Crippen molar-refractivity contribution >= 4 is 5.91 Å². The van der Waals surface area contributed by atoms with Crippen LogP contribution in [0.2, 0.25) is 0 Å². The van der Waals surface area contributed by atoms with Crippen LogP contribution in [0.15, 0.2) is 42.7 Å². The van der Waals surface area contributed by atoms with Crippen molar-refractivity contribution in [2.75, 3.05) is 26.2 Å². The second-order valence-corrected chi connectivity index (χ2v) is 7.24. The standard InChI is InChI=1S/C21H25N3O/c1-16-12-19(15-22-14-16)21(25)24-10-8-23(9-11-24)20-7-6-17-4-2-3-5-18(17)13-20/h2-5,12,14-15,20H,6-11,13H2,1H3. The number of pyridine rings is 1. The van der Waals surface area contributed by atoms with E-state index >= 15 is 0 Å². The van der Waals surface area contributed by atoms with Crippen molar-refractivity contribution in [2.24, 2.45) is 0 Å². The second kappa shape index (κ2) is 6.96. The first-order chi connectivity index (χ1) is 12.2. The van der Waals surface area contributed by atoms with E-state index in [1.807, 2.05) is 17.9 Å². The van der Waals surface area contributed by atoms with E-state index in [2.05, 4.69) is 34.1 Å². The van der Waals surface area contributed by atoms with E-state index < -0.39 is 0 Å². The number of piperazine rings is 1. The number of carbonyl (C=O) groups is 1. The summed E-state index contributed by atoms with van der Waals surface area (Å²) in [4.78, 5) is 21.4. The molecule has 4 nitrogen and oxygen atoms in total. The van der Waals surface area contributed by atoms with Crippen LogP contribution >= 0.6 is 0 Å². The summed E-state index contributed by atoms with van der Waals surface area (Å²) in [7, 11) is 0. The average Bonchev–Trinajstić information content (AvgIpc) is 2.67. The molecule has 0 N–H and O–H groups in total. The third kappa shape index (κ3) is 3.45. The number of aryl methyl sites for hydroxylation is 2. The average molecular weight is 335 g/mol. The van der Waals surface area contributed by atoms with Gasteiger partial charge in [0.25, 0.3) is 5.91 Å². The fourth-order valence-electron chi connectivity index (χ4n) is 4.13. The van der Waals surface area contributed by atoms with E-state index in [4.69, 9.17) is 0 Å². The van der Waals surface area contributed by atoms with Gasteiger partial charge in [-0.05, 0) is 48.9 Å². The van der Waals surface area contributed by atoms with Crippen molar-refractivity contribution in [2.45, 2.75) is 32.2 Å². The van der Waals surface area contributed by atoms with E-state index in [1.165, 1.54) is 24.0 Å². The van der Waals surface area contributed by atoms with Crippen LogP contribution in [0.3, 0.4) is 0 Å². The van der Waals surface area contributed by atoms with Gasteiger partial charge in [0.15, 0.2) is 0 Å². The summed E-state index contributed by atoms with van der Waals surface area (Å²) in [5.74, 6) is 0.116. The molecule has 4 heteroatoms. The lowest BCUT2D eigenvalue weighted by atomic mass is 9.87. The highest BCUT2D eigenvalue weighted by Gasteiger charge is 2.29. The lowest BCUT2D eigenvalue weighted by molar-refractivity contribution is 0.0552. The van der Waals surface area contributed by atoms with E-state index in [0.29, 0.717) is 11.6 Å². The predicted molar refractivity (Wildman–Crippen MR) is 98.7 cm³/mol. The molecule has 25 heavy (non-hydrogen) atoms. The monoisotopic (exact) mass is 335 g/mol. The Bertz CT molecular complexity index is 765. The summed E-state index contributed by atoms with van der Waals surface area (Å²) < 4.78 is 0. The fraction of sp³-hybridized carbons (Fsp3) is 0.429. The van der Waals surface area contributed by atoms with Gasteiger partial charge in [-0.25, -0.2) is 0 Å². The van der Waals surface area contributed by atoms with Gasteiger partial charge in [-0.2, -0.15) is 0 Å². The second-order valence-electron chi connectivity index (χ2n) is 7.24. The van der Waals surface area contributed by atoms with Gasteiger partial charge < -0.3 is 4.90 Å². The van der Waals surface area contributed by atoms with Gasteiger partial charge >= 0.3 is 0 Å². The molecule has 0 radical (unpaired) electrons. The van der Waals surface area contributed by atoms with Crippen LogP contribution in [0.4, 0.5) is 0 Å². The molecule has 1 amide bonds. The van der Waals surface area contributed by atoms with E-state index in [1.54, 1.807) is 12.4 Å². The molecule has 1 saturated heterocycles. The third-order valence-corrected chi connectivity index (χ3v) is 5.56. The largest absolute Gasteiger partial charge is 0.336 e. The van der Waals surface area contributed by atoms with E-state index in [-0.39, 0.29) is 5.91 Å². The number of carbonyl (C=O) groups excluding carboxylic acids is 1. The SMILES string of the molecule is Cc1cncc(C(=O)N2CCN(C3CCc4ccccc4C3)CC2)c1. The van der Waals surface area contributed by atoms with Gasteiger partial charge in [0, 0.05) is 44.6 Å². The van der Waals surface area contributed by atoms with Crippen LogP contribution in [0.25, 0.3) is 0 Å². The highest BCUT2D eigenvalue weighted by atomic mass is 16.2. The molecule has 1 aliphatic heterocycles. The Morgan fingerprint density at radius 2 is 1.84 bits per heavy atom. The maximum atomic E-state index is 12.7. The Hall–Kier alpha value is -2.20. The summed E-state index contributed by atoms with van der Waals surface area (Å²) >= 11 is 0. The van der Waals surface area contributed by atoms with Gasteiger partial charge in [0.2, 0.25) is 0 Å². The van der Waals surface area contributed by atoms with Crippen LogP contribution in [0.5, 0.6) is 0 Å². The molecule has 1 atom stereocenters. The van der Waals surface area contributed by atoms with Crippen molar-refractivity contribution in [3.8, 4) is 0 Å². The number of rotatable bonds is 2. The topological polar surface area (TPSA) is 36.4 Å². The van der Waals surface area contributed by atoms with Gasteiger partial charge in [0.1, 0.15) is 0 Å². The molecule has 0 bridgehead atoms. The zero-order valence-electron chi connectivity index (χ0n) is 14.8. The molecule has 1 fully saturated rings. The summed E-state index contributed by atoms with van der Waals surface area (Å²) in [6.45, 7) is 5.54. The Labute approximate surface area is 149 Å². The van der Waals surface area contributed by atoms with Crippen molar-refractivity contribution in [3.05, 3.63) is 65.0 Å². The molecule has 1 unspecified atom stereocenters. The number of amides is 1. The molecule has 0 saturated carbocycles. The summed E-state index contributed by atoms with van der Waals surface area (Å²) in [6.07, 6.45) is 7.02. The van der Waals surface area contributed by atoms with Crippen molar-refractivity contribution in [3.63, 3.8) is 0 Å². The predicted octanol–water partition coefficient (Wildman–Crippen LogP) is 2.71. The van der Waals surface area contributed by atoms with Gasteiger partial charge in [-0.3, -0.25) is 14.7 Å². The summed E-state index contributed by atoms with van der Waals surface area (Å²) in [5.41, 5.74) is 4.76. The number of hydrogen-bond acceptors (Lipinski definition) is 3. The Balaban J connectivity index is 1.37.